The Hall–Kier alpha value is -2.66. The lowest BCUT2D eigenvalue weighted by molar-refractivity contribution is -0.143. The van der Waals surface area contributed by atoms with E-state index in [2.05, 4.69) is 17.0 Å². The highest BCUT2D eigenvalue weighted by atomic mass is 32.2. The number of sulfone groups is 1. The summed E-state index contributed by atoms with van der Waals surface area (Å²) in [5.41, 5.74) is 11.9. The van der Waals surface area contributed by atoms with Crippen LogP contribution >= 0.6 is 11.3 Å². The Morgan fingerprint density at radius 3 is 2.77 bits per heavy atom. The summed E-state index contributed by atoms with van der Waals surface area (Å²) < 4.78 is 29.3. The second kappa shape index (κ2) is 10.5. The first-order valence-electron chi connectivity index (χ1n) is 11.6. The molecule has 35 heavy (non-hydrogen) atoms. The largest absolute Gasteiger partial charge is 0.466 e. The van der Waals surface area contributed by atoms with Gasteiger partial charge < -0.3 is 15.3 Å². The number of nitrogens with zero attached hydrogens (tertiary/aromatic N) is 1. The quantitative estimate of drug-likeness (QED) is 0.348. The summed E-state index contributed by atoms with van der Waals surface area (Å²) in [6, 6.07) is 10.1. The highest BCUT2D eigenvalue weighted by molar-refractivity contribution is 7.90. The number of hydrogen-bond acceptors (Lipinski definition) is 9. The van der Waals surface area contributed by atoms with Crippen LogP contribution in [-0.4, -0.2) is 44.7 Å². The van der Waals surface area contributed by atoms with Gasteiger partial charge in [0.25, 0.3) is 0 Å². The van der Waals surface area contributed by atoms with E-state index < -0.39 is 9.84 Å². The third-order valence-corrected chi connectivity index (χ3v) is 8.30. The van der Waals surface area contributed by atoms with Crippen LogP contribution in [0.5, 0.6) is 0 Å². The number of nitrogens with one attached hydrogen (secondary N) is 2. The number of hydrazine groups is 2. The van der Waals surface area contributed by atoms with Gasteiger partial charge in [-0.3, -0.25) is 9.80 Å². The number of carbonyl (C=O) groups is 1. The molecule has 3 N–H and O–H groups in total. The lowest BCUT2D eigenvalue weighted by Crippen LogP contribution is -2.37. The standard InChI is InChI=1S/C25H31N3O5S2/c1-4-33-23(30)14-21(18-12-17-8-10-34-25(17)19(13-18)15-29)20-6-7-22-24(16(20)2)26-27-28(22)9-5-11-35(3,31)32/h6-8,10,12-13,21,26-27,29H,4-5,9,11,14-15H2,1-3H3. The number of fused-ring (bicyclic) bond motifs is 2. The monoisotopic (exact) mass is 517 g/mol. The Balaban J connectivity index is 1.70. The van der Waals surface area contributed by atoms with Crippen molar-refractivity contribution in [2.45, 2.75) is 39.2 Å². The highest BCUT2D eigenvalue weighted by Crippen LogP contribution is 2.41. The van der Waals surface area contributed by atoms with Crippen LogP contribution in [0, 0.1) is 6.92 Å². The van der Waals surface area contributed by atoms with Gasteiger partial charge in [0.1, 0.15) is 9.84 Å². The van der Waals surface area contributed by atoms with Gasteiger partial charge in [0.2, 0.25) is 0 Å². The Bertz CT molecular complexity index is 1340. The fourth-order valence-corrected chi connectivity index (χ4v) is 6.16. The first-order chi connectivity index (χ1) is 16.7. The molecule has 1 unspecified atom stereocenters. The zero-order valence-electron chi connectivity index (χ0n) is 20.1. The third-order valence-electron chi connectivity index (χ3n) is 6.26. The van der Waals surface area contributed by atoms with E-state index >= 15 is 0 Å². The van der Waals surface area contributed by atoms with Gasteiger partial charge in [-0.25, -0.2) is 8.42 Å². The van der Waals surface area contributed by atoms with Gasteiger partial charge in [0, 0.05) is 23.4 Å². The van der Waals surface area contributed by atoms with Crippen LogP contribution < -0.4 is 16.0 Å². The van der Waals surface area contributed by atoms with Crippen LogP contribution in [-0.2, 0) is 26.0 Å². The number of anilines is 2. The van der Waals surface area contributed by atoms with Crippen molar-refractivity contribution >= 4 is 48.6 Å². The average molecular weight is 518 g/mol. The number of esters is 1. The molecule has 2 aromatic carbocycles. The summed E-state index contributed by atoms with van der Waals surface area (Å²) in [6.45, 7) is 4.58. The van der Waals surface area contributed by atoms with E-state index in [1.54, 1.807) is 18.3 Å². The second-order valence-electron chi connectivity index (χ2n) is 8.78. The van der Waals surface area contributed by atoms with Gasteiger partial charge in [-0.15, -0.1) is 16.9 Å². The van der Waals surface area contributed by atoms with Crippen LogP contribution in [0.4, 0.5) is 11.4 Å². The molecular weight excluding hydrogens is 486 g/mol. The van der Waals surface area contributed by atoms with E-state index in [-0.39, 0.29) is 30.7 Å². The summed E-state index contributed by atoms with van der Waals surface area (Å²) in [5, 5.41) is 14.9. The molecule has 1 aliphatic rings. The molecule has 0 saturated carbocycles. The molecular formula is C25H31N3O5S2. The number of benzene rings is 2. The molecule has 0 bridgehead atoms. The van der Waals surface area contributed by atoms with E-state index in [4.69, 9.17) is 4.74 Å². The molecule has 188 valence electrons. The van der Waals surface area contributed by atoms with Gasteiger partial charge in [-0.05, 0) is 71.5 Å². The Labute approximate surface area is 209 Å². The summed E-state index contributed by atoms with van der Waals surface area (Å²) >= 11 is 1.59. The van der Waals surface area contributed by atoms with Crippen molar-refractivity contribution < 1.29 is 23.1 Å². The fraction of sp³-hybridized carbons (Fsp3) is 0.400. The zero-order valence-corrected chi connectivity index (χ0v) is 21.8. The van der Waals surface area contributed by atoms with Gasteiger partial charge in [-0.2, -0.15) is 0 Å². The Morgan fingerprint density at radius 2 is 2.06 bits per heavy atom. The molecule has 2 heterocycles. The Morgan fingerprint density at radius 1 is 1.26 bits per heavy atom. The summed E-state index contributed by atoms with van der Waals surface area (Å²) in [7, 11) is -3.02. The molecule has 1 aliphatic heterocycles. The van der Waals surface area contributed by atoms with Crippen molar-refractivity contribution in [2.75, 3.05) is 35.6 Å². The number of aliphatic hydroxyl groups excluding tert-OH is 1. The third kappa shape index (κ3) is 5.61. The van der Waals surface area contributed by atoms with Crippen molar-refractivity contribution in [1.29, 1.82) is 0 Å². The molecule has 0 aliphatic carbocycles. The van der Waals surface area contributed by atoms with Crippen molar-refractivity contribution in [3.05, 3.63) is 58.0 Å². The summed E-state index contributed by atoms with van der Waals surface area (Å²) in [4.78, 5) is 12.6. The molecule has 0 radical (unpaired) electrons. The van der Waals surface area contributed by atoms with Crippen molar-refractivity contribution in [2.24, 2.45) is 0 Å². The normalized spacial score (nSPS) is 14.1. The predicted octanol–water partition coefficient (Wildman–Crippen LogP) is 3.87. The van der Waals surface area contributed by atoms with Crippen LogP contribution in [0.15, 0.2) is 35.7 Å². The minimum Gasteiger partial charge on any atom is -0.466 e. The molecule has 0 spiro atoms. The minimum absolute atomic E-state index is 0.0753. The number of thiophene rings is 1. The molecule has 1 atom stereocenters. The number of carbonyl (C=O) groups excluding carboxylic acids is 1. The first-order valence-corrected chi connectivity index (χ1v) is 14.5. The van der Waals surface area contributed by atoms with Crippen LogP contribution in [0.3, 0.4) is 0 Å². The number of aliphatic hydroxyl groups is 1. The van der Waals surface area contributed by atoms with Crippen LogP contribution in [0.25, 0.3) is 10.1 Å². The predicted molar refractivity (Wildman–Crippen MR) is 140 cm³/mol. The van der Waals surface area contributed by atoms with Crippen LogP contribution in [0.2, 0.25) is 0 Å². The fourth-order valence-electron chi connectivity index (χ4n) is 4.61. The molecule has 0 saturated heterocycles. The summed E-state index contributed by atoms with van der Waals surface area (Å²) in [5.74, 6) is -0.408. The van der Waals surface area contributed by atoms with Gasteiger partial charge in [0.15, 0.2) is 0 Å². The maximum Gasteiger partial charge on any atom is 0.306 e. The van der Waals surface area contributed by atoms with Gasteiger partial charge >= 0.3 is 5.97 Å². The highest BCUT2D eigenvalue weighted by Gasteiger charge is 2.27. The van der Waals surface area contributed by atoms with E-state index in [1.807, 2.05) is 41.6 Å². The molecule has 0 amide bonds. The maximum absolute atomic E-state index is 12.6. The molecule has 4 rings (SSSR count). The van der Waals surface area contributed by atoms with Crippen molar-refractivity contribution in [1.82, 2.24) is 5.53 Å². The molecule has 1 aromatic heterocycles. The number of rotatable bonds is 10. The maximum atomic E-state index is 12.6. The number of ether oxygens (including phenoxy) is 1. The van der Waals surface area contributed by atoms with E-state index in [0.717, 1.165) is 43.7 Å². The first kappa shape index (κ1) is 25.4. The van der Waals surface area contributed by atoms with E-state index in [9.17, 15) is 18.3 Å². The number of hydrogen-bond donors (Lipinski definition) is 3. The van der Waals surface area contributed by atoms with Crippen LogP contribution in [0.1, 0.15) is 47.9 Å². The lowest BCUT2D eigenvalue weighted by Gasteiger charge is -2.22. The zero-order chi connectivity index (χ0) is 25.2. The van der Waals surface area contributed by atoms with Gasteiger partial charge in [-0.1, -0.05) is 12.1 Å². The molecule has 3 aromatic rings. The van der Waals surface area contributed by atoms with E-state index in [1.165, 1.54) is 6.26 Å². The molecule has 10 heteroatoms. The average Bonchev–Trinajstić information content (AvgIpc) is 3.44. The smallest absolute Gasteiger partial charge is 0.306 e. The van der Waals surface area contributed by atoms with E-state index in [0.29, 0.717) is 19.6 Å². The minimum atomic E-state index is -3.02. The molecule has 8 nitrogen and oxygen atoms in total. The molecule has 0 fully saturated rings. The second-order valence-corrected chi connectivity index (χ2v) is 12.0. The Kier molecular flexibility index (Phi) is 7.65. The topological polar surface area (TPSA) is 108 Å². The SMILES string of the molecule is CCOC(=O)CC(c1cc(CO)c2sccc2c1)c1ccc2c(c1C)NNN2CCCS(C)(=O)=O. The lowest BCUT2D eigenvalue weighted by atomic mass is 9.84. The summed E-state index contributed by atoms with van der Waals surface area (Å²) in [6.07, 6.45) is 1.93. The van der Waals surface area contributed by atoms with Crippen molar-refractivity contribution in [3.63, 3.8) is 0 Å². The van der Waals surface area contributed by atoms with Crippen molar-refractivity contribution in [3.8, 4) is 0 Å². The van der Waals surface area contributed by atoms with Gasteiger partial charge in [0.05, 0.1) is 36.8 Å².